The summed E-state index contributed by atoms with van der Waals surface area (Å²) in [5, 5.41) is 0. The minimum absolute atomic E-state index is 0.0505. The van der Waals surface area contributed by atoms with Crippen LogP contribution in [-0.2, 0) is 4.74 Å². The number of carbonyl (C=O) groups is 1. The highest BCUT2D eigenvalue weighted by atomic mass is 79.9. The molecule has 3 aromatic carbocycles. The Labute approximate surface area is 166 Å². The van der Waals surface area contributed by atoms with Crippen LogP contribution in [0.3, 0.4) is 0 Å². The Morgan fingerprint density at radius 1 is 0.852 bits per heavy atom. The number of carbonyl (C=O) groups excluding carboxylic acids is 1. The number of alkyl halides is 1. The van der Waals surface area contributed by atoms with Crippen LogP contribution in [0.15, 0.2) is 78.9 Å². The number of hydrogen-bond donors (Lipinski definition) is 0. The van der Waals surface area contributed by atoms with Crippen LogP contribution in [0.25, 0.3) is 11.1 Å². The van der Waals surface area contributed by atoms with Crippen molar-refractivity contribution in [1.82, 2.24) is 4.90 Å². The van der Waals surface area contributed by atoms with E-state index in [2.05, 4.69) is 52.3 Å². The topological polar surface area (TPSA) is 29.5 Å². The molecule has 4 heteroatoms. The molecule has 0 aliphatic carbocycles. The molecule has 134 valence electrons. The van der Waals surface area contributed by atoms with Crippen LogP contribution in [0.2, 0.25) is 0 Å². The van der Waals surface area contributed by atoms with Gasteiger partial charge < -0.3 is 9.64 Å². The van der Waals surface area contributed by atoms with Crippen LogP contribution in [-0.4, -0.2) is 22.2 Å². The van der Waals surface area contributed by atoms with E-state index in [9.17, 15) is 4.79 Å². The Balaban J connectivity index is 1.44. The van der Waals surface area contributed by atoms with Crippen molar-refractivity contribution in [3.63, 3.8) is 0 Å². The number of halogens is 1. The molecular weight excluding hydrogens is 402 g/mol. The highest BCUT2D eigenvalue weighted by molar-refractivity contribution is 9.09. The van der Waals surface area contributed by atoms with Crippen molar-refractivity contribution >= 4 is 21.8 Å². The quantitative estimate of drug-likeness (QED) is 0.524. The average molecular weight is 420 g/mol. The van der Waals surface area contributed by atoms with Crippen molar-refractivity contribution in [2.45, 2.75) is 17.2 Å². The third kappa shape index (κ3) is 2.80. The van der Waals surface area contributed by atoms with E-state index in [1.165, 1.54) is 11.1 Å². The van der Waals surface area contributed by atoms with Gasteiger partial charge >= 0.3 is 0 Å². The lowest BCUT2D eigenvalue weighted by Crippen LogP contribution is -2.43. The Morgan fingerprint density at radius 2 is 1.52 bits per heavy atom. The first kappa shape index (κ1) is 16.7. The van der Waals surface area contributed by atoms with Gasteiger partial charge in [-0.2, -0.15) is 0 Å². The Kier molecular flexibility index (Phi) is 4.10. The minimum Gasteiger partial charge on any atom is -0.345 e. The number of ether oxygens (including phenoxy) is 1. The van der Waals surface area contributed by atoms with Crippen LogP contribution >= 0.6 is 15.9 Å². The van der Waals surface area contributed by atoms with E-state index < -0.39 is 0 Å². The number of amides is 1. The monoisotopic (exact) mass is 419 g/mol. The highest BCUT2D eigenvalue weighted by Gasteiger charge is 2.45. The Bertz CT molecular complexity index is 987. The van der Waals surface area contributed by atoms with Gasteiger partial charge in [-0.1, -0.05) is 88.7 Å². The van der Waals surface area contributed by atoms with Crippen molar-refractivity contribution in [3.05, 3.63) is 95.6 Å². The van der Waals surface area contributed by atoms with Gasteiger partial charge in [0.05, 0.1) is 10.9 Å². The summed E-state index contributed by atoms with van der Waals surface area (Å²) >= 11 is 3.74. The number of rotatable bonds is 2. The van der Waals surface area contributed by atoms with Crippen LogP contribution in [0.5, 0.6) is 0 Å². The number of benzene rings is 3. The molecular formula is C23H18BrNO2. The van der Waals surface area contributed by atoms with Crippen LogP contribution in [0, 0.1) is 0 Å². The molecule has 0 aromatic heterocycles. The second kappa shape index (κ2) is 6.63. The normalized spacial score (nSPS) is 23.8. The summed E-state index contributed by atoms with van der Waals surface area (Å²) in [6.07, 6.45) is -0.406. The molecule has 3 aromatic rings. The first-order valence-corrected chi connectivity index (χ1v) is 9.99. The molecule has 0 bridgehead atoms. The summed E-state index contributed by atoms with van der Waals surface area (Å²) in [6.45, 7) is 0.628. The summed E-state index contributed by atoms with van der Waals surface area (Å²) in [5.74, 6) is 0.0536. The summed E-state index contributed by atoms with van der Waals surface area (Å²) < 4.78 is 6.41. The molecule has 2 heterocycles. The molecule has 3 nitrogen and oxygen atoms in total. The summed E-state index contributed by atoms with van der Waals surface area (Å²) in [6, 6.07) is 26.6. The fraction of sp³-hybridized carbons (Fsp3) is 0.174. The average Bonchev–Trinajstić information content (AvgIpc) is 3.00. The summed E-state index contributed by atoms with van der Waals surface area (Å²) in [5.41, 5.74) is 5.22. The zero-order valence-corrected chi connectivity index (χ0v) is 16.2. The number of nitrogens with zero attached hydrogens (tertiary/aromatic N) is 1. The first-order valence-electron chi connectivity index (χ1n) is 9.07. The van der Waals surface area contributed by atoms with Crippen LogP contribution < -0.4 is 0 Å². The lowest BCUT2D eigenvalue weighted by molar-refractivity contribution is -0.116. The maximum Gasteiger partial charge on any atom is 0.256 e. The van der Waals surface area contributed by atoms with Gasteiger partial charge in [0, 0.05) is 17.7 Å². The van der Waals surface area contributed by atoms with E-state index in [1.54, 1.807) is 0 Å². The van der Waals surface area contributed by atoms with Gasteiger partial charge in [0.1, 0.15) is 0 Å². The molecule has 0 radical (unpaired) electrons. The molecule has 1 saturated heterocycles. The third-order valence-corrected chi connectivity index (χ3v) is 6.09. The van der Waals surface area contributed by atoms with E-state index in [-0.39, 0.29) is 23.1 Å². The fourth-order valence-corrected chi connectivity index (χ4v) is 4.69. The molecule has 3 atom stereocenters. The lowest BCUT2D eigenvalue weighted by Gasteiger charge is -2.39. The Hall–Kier alpha value is -2.43. The van der Waals surface area contributed by atoms with Gasteiger partial charge in [-0.15, -0.1) is 0 Å². The minimum atomic E-state index is -0.304. The largest absolute Gasteiger partial charge is 0.345 e. The van der Waals surface area contributed by atoms with Gasteiger partial charge in [-0.05, 0) is 22.8 Å². The van der Waals surface area contributed by atoms with Crippen LogP contribution in [0.1, 0.15) is 33.8 Å². The van der Waals surface area contributed by atoms with Gasteiger partial charge in [0.25, 0.3) is 5.91 Å². The lowest BCUT2D eigenvalue weighted by atomic mass is 9.99. The molecule has 0 spiro atoms. The maximum absolute atomic E-state index is 12.6. The molecule has 0 saturated carbocycles. The predicted octanol–water partition coefficient (Wildman–Crippen LogP) is 5.34. The number of hydrogen-bond acceptors (Lipinski definition) is 2. The first-order chi connectivity index (χ1) is 13.2. The van der Waals surface area contributed by atoms with Crippen molar-refractivity contribution in [3.8, 4) is 11.1 Å². The smallest absolute Gasteiger partial charge is 0.256 e. The van der Waals surface area contributed by atoms with Crippen molar-refractivity contribution in [2.24, 2.45) is 0 Å². The summed E-state index contributed by atoms with van der Waals surface area (Å²) in [4.78, 5) is 14.5. The molecule has 0 unspecified atom stereocenters. The van der Waals surface area contributed by atoms with E-state index in [1.807, 2.05) is 47.4 Å². The van der Waals surface area contributed by atoms with E-state index in [0.717, 1.165) is 16.7 Å². The number of fused-ring (bicyclic) bond motifs is 3. The third-order valence-electron chi connectivity index (χ3n) is 5.32. The van der Waals surface area contributed by atoms with Gasteiger partial charge in [0.2, 0.25) is 0 Å². The van der Waals surface area contributed by atoms with Gasteiger partial charge in [-0.25, -0.2) is 0 Å². The molecule has 1 fully saturated rings. The van der Waals surface area contributed by atoms with Gasteiger partial charge in [0.15, 0.2) is 6.23 Å². The zero-order chi connectivity index (χ0) is 18.4. The molecule has 1 amide bonds. The van der Waals surface area contributed by atoms with Crippen molar-refractivity contribution < 1.29 is 9.53 Å². The molecule has 0 N–H and O–H groups in total. The SMILES string of the molecule is O=C1c2ccccc2[C@H]2O[C@@H](c3ccc(-c4ccccc4)cc3)[C@H](Br)CN12. The van der Waals surface area contributed by atoms with E-state index in [0.29, 0.717) is 6.54 Å². The van der Waals surface area contributed by atoms with Crippen LogP contribution in [0.4, 0.5) is 0 Å². The second-order valence-corrected chi connectivity index (χ2v) is 8.13. The second-order valence-electron chi connectivity index (χ2n) is 6.96. The maximum atomic E-state index is 12.6. The van der Waals surface area contributed by atoms with E-state index in [4.69, 9.17) is 4.74 Å². The molecule has 27 heavy (non-hydrogen) atoms. The predicted molar refractivity (Wildman–Crippen MR) is 109 cm³/mol. The summed E-state index contributed by atoms with van der Waals surface area (Å²) in [7, 11) is 0. The van der Waals surface area contributed by atoms with E-state index >= 15 is 0 Å². The fourth-order valence-electron chi connectivity index (χ4n) is 3.95. The zero-order valence-electron chi connectivity index (χ0n) is 14.6. The molecule has 5 rings (SSSR count). The Morgan fingerprint density at radius 3 is 2.30 bits per heavy atom. The molecule has 2 aliphatic heterocycles. The standard InChI is InChI=1S/C23H18BrNO2/c24-20-14-25-22(26)18-8-4-5-9-19(18)23(25)27-21(20)17-12-10-16(11-13-17)15-6-2-1-3-7-15/h1-13,20-21,23H,14H2/t20-,21+,23-/m1/s1. The van der Waals surface area contributed by atoms with Crippen molar-refractivity contribution in [1.29, 1.82) is 0 Å². The van der Waals surface area contributed by atoms with Gasteiger partial charge in [-0.3, -0.25) is 4.79 Å². The van der Waals surface area contributed by atoms with Crippen molar-refractivity contribution in [2.75, 3.05) is 6.54 Å². The molecule has 2 aliphatic rings. The highest BCUT2D eigenvalue weighted by Crippen LogP contribution is 2.45.